The maximum Gasteiger partial charge on any atom is 0.206 e. The minimum atomic E-state index is -3.56. The Morgan fingerprint density at radius 1 is 1.13 bits per heavy atom. The molecule has 1 aliphatic rings. The Kier molecular flexibility index (Phi) is 2.54. The zero-order chi connectivity index (χ0) is 11.4. The molecule has 0 bridgehead atoms. The average Bonchev–Trinajstić information content (AvgIpc) is 2.34. The van der Waals surface area contributed by atoms with Gasteiger partial charge < -0.3 is 0 Å². The fourth-order valence-electron chi connectivity index (χ4n) is 1.43. The molecular weight excluding hydrogens is 279 g/mol. The summed E-state index contributed by atoms with van der Waals surface area (Å²) < 4.78 is 23.8. The van der Waals surface area contributed by atoms with Gasteiger partial charge in [0.15, 0.2) is 0 Å². The second kappa shape index (κ2) is 3.39. The Labute approximate surface area is 102 Å². The third kappa shape index (κ3) is 1.41. The molecule has 0 aliphatic carbocycles. The topological polar surface area (TPSA) is 34.1 Å². The third-order valence-corrected chi connectivity index (χ3v) is 5.75. The molecule has 1 aromatic carbocycles. The minimum absolute atomic E-state index is 0.0131. The molecule has 1 aliphatic heterocycles. The van der Waals surface area contributed by atoms with E-state index in [-0.39, 0.29) is 24.9 Å². The van der Waals surface area contributed by atoms with E-state index < -0.39 is 9.84 Å². The summed E-state index contributed by atoms with van der Waals surface area (Å²) in [6.45, 7) is 1.45. The molecule has 0 fully saturated rings. The van der Waals surface area contributed by atoms with Crippen molar-refractivity contribution in [3.05, 3.63) is 32.6 Å². The lowest BCUT2D eigenvalue weighted by molar-refractivity contribution is 0.603. The standard InChI is InChI=1S/C9H5Cl3O2S/c1-4-7(11)5-2-3-6(10)8(12)9(5)15(4,13)14/h2-3H,1H3. The van der Waals surface area contributed by atoms with E-state index in [0.717, 1.165) is 0 Å². The van der Waals surface area contributed by atoms with Crippen molar-refractivity contribution in [2.75, 3.05) is 0 Å². The molecule has 0 saturated carbocycles. The van der Waals surface area contributed by atoms with E-state index in [1.807, 2.05) is 0 Å². The number of hydrogen-bond donors (Lipinski definition) is 0. The van der Waals surface area contributed by atoms with Crippen LogP contribution in [0.4, 0.5) is 0 Å². The first kappa shape index (κ1) is 11.3. The lowest BCUT2D eigenvalue weighted by Gasteiger charge is -2.03. The first-order valence-electron chi connectivity index (χ1n) is 3.97. The van der Waals surface area contributed by atoms with Crippen LogP contribution in [0.5, 0.6) is 0 Å². The first-order valence-corrected chi connectivity index (χ1v) is 6.59. The highest BCUT2D eigenvalue weighted by Gasteiger charge is 2.35. The van der Waals surface area contributed by atoms with Gasteiger partial charge in [-0.25, -0.2) is 8.42 Å². The normalized spacial score (nSPS) is 18.1. The molecular formula is C9H5Cl3O2S. The number of halogens is 3. The Hall–Kier alpha value is -0.220. The van der Waals surface area contributed by atoms with Crippen molar-refractivity contribution in [1.82, 2.24) is 0 Å². The van der Waals surface area contributed by atoms with Gasteiger partial charge in [0.2, 0.25) is 9.84 Å². The predicted molar refractivity (Wildman–Crippen MR) is 62.1 cm³/mol. The van der Waals surface area contributed by atoms with Crippen LogP contribution in [0.15, 0.2) is 21.9 Å². The molecule has 0 N–H and O–H groups in total. The van der Waals surface area contributed by atoms with Gasteiger partial charge in [-0.05, 0) is 13.0 Å². The average molecular weight is 284 g/mol. The third-order valence-electron chi connectivity index (χ3n) is 2.27. The first-order chi connectivity index (χ1) is 6.87. The molecule has 2 rings (SSSR count). The second-order valence-corrected chi connectivity index (χ2v) is 6.30. The monoisotopic (exact) mass is 282 g/mol. The van der Waals surface area contributed by atoms with E-state index in [0.29, 0.717) is 5.56 Å². The van der Waals surface area contributed by atoms with Crippen molar-refractivity contribution in [3.8, 4) is 0 Å². The molecule has 1 heterocycles. The summed E-state index contributed by atoms with van der Waals surface area (Å²) in [6, 6.07) is 3.08. The molecule has 2 nitrogen and oxygen atoms in total. The molecule has 0 amide bonds. The van der Waals surface area contributed by atoms with Crippen molar-refractivity contribution in [1.29, 1.82) is 0 Å². The summed E-state index contributed by atoms with van der Waals surface area (Å²) in [5, 5.41) is 0.450. The van der Waals surface area contributed by atoms with Crippen LogP contribution < -0.4 is 0 Å². The quantitative estimate of drug-likeness (QED) is 0.727. The largest absolute Gasteiger partial charge is 0.219 e. The van der Waals surface area contributed by atoms with Gasteiger partial charge in [0.1, 0.15) is 4.90 Å². The van der Waals surface area contributed by atoms with E-state index in [4.69, 9.17) is 34.8 Å². The number of benzene rings is 1. The Bertz CT molecular complexity index is 588. The molecule has 0 spiro atoms. The van der Waals surface area contributed by atoms with Gasteiger partial charge in [0.05, 0.1) is 20.0 Å². The van der Waals surface area contributed by atoms with Crippen molar-refractivity contribution >= 4 is 49.7 Å². The van der Waals surface area contributed by atoms with Crippen LogP contribution in [-0.2, 0) is 9.84 Å². The zero-order valence-corrected chi connectivity index (χ0v) is 10.6. The number of rotatable bonds is 0. The molecule has 0 radical (unpaired) electrons. The van der Waals surface area contributed by atoms with Gasteiger partial charge >= 0.3 is 0 Å². The van der Waals surface area contributed by atoms with Gasteiger partial charge in [0, 0.05) is 5.56 Å². The summed E-state index contributed by atoms with van der Waals surface area (Å²) in [5.41, 5.74) is 0.420. The van der Waals surface area contributed by atoms with E-state index in [9.17, 15) is 8.42 Å². The molecule has 6 heteroatoms. The molecule has 0 atom stereocenters. The van der Waals surface area contributed by atoms with Crippen LogP contribution in [0.3, 0.4) is 0 Å². The molecule has 0 unspecified atom stereocenters. The molecule has 0 saturated heterocycles. The van der Waals surface area contributed by atoms with Crippen molar-refractivity contribution in [3.63, 3.8) is 0 Å². The minimum Gasteiger partial charge on any atom is -0.219 e. The summed E-state index contributed by atoms with van der Waals surface area (Å²) in [6.07, 6.45) is 0. The van der Waals surface area contributed by atoms with Crippen LogP contribution in [0, 0.1) is 0 Å². The van der Waals surface area contributed by atoms with Crippen LogP contribution in [0.2, 0.25) is 10.0 Å². The number of allylic oxidation sites excluding steroid dienone is 1. The molecule has 1 aromatic rings. The van der Waals surface area contributed by atoms with Crippen molar-refractivity contribution in [2.45, 2.75) is 11.8 Å². The van der Waals surface area contributed by atoms with Gasteiger partial charge in [0.25, 0.3) is 0 Å². The molecule has 15 heavy (non-hydrogen) atoms. The SMILES string of the molecule is CC1=C(Cl)c2ccc(Cl)c(Cl)c2S1(=O)=O. The zero-order valence-electron chi connectivity index (χ0n) is 7.51. The van der Waals surface area contributed by atoms with Crippen molar-refractivity contribution in [2.24, 2.45) is 0 Å². The van der Waals surface area contributed by atoms with Gasteiger partial charge in [-0.15, -0.1) is 0 Å². The van der Waals surface area contributed by atoms with Gasteiger partial charge in [-0.3, -0.25) is 0 Å². The Balaban J connectivity index is 2.95. The fraction of sp³-hybridized carbons (Fsp3) is 0.111. The second-order valence-electron chi connectivity index (χ2n) is 3.11. The van der Waals surface area contributed by atoms with Crippen LogP contribution in [0.1, 0.15) is 12.5 Å². The van der Waals surface area contributed by atoms with Crippen LogP contribution in [0.25, 0.3) is 5.03 Å². The predicted octanol–water partition coefficient (Wildman–Crippen LogP) is 3.71. The number of sulfone groups is 1. The van der Waals surface area contributed by atoms with E-state index in [1.54, 1.807) is 6.07 Å². The van der Waals surface area contributed by atoms with Crippen molar-refractivity contribution < 1.29 is 8.42 Å². The highest BCUT2D eigenvalue weighted by atomic mass is 35.5. The van der Waals surface area contributed by atoms with Gasteiger partial charge in [-0.1, -0.05) is 40.9 Å². The summed E-state index contributed by atoms with van der Waals surface area (Å²) in [5.74, 6) is 0. The molecule has 0 aromatic heterocycles. The maximum absolute atomic E-state index is 11.9. The van der Waals surface area contributed by atoms with E-state index >= 15 is 0 Å². The van der Waals surface area contributed by atoms with E-state index in [2.05, 4.69) is 0 Å². The summed E-state index contributed by atoms with van der Waals surface area (Å²) in [7, 11) is -3.56. The highest BCUT2D eigenvalue weighted by Crippen LogP contribution is 2.46. The number of fused-ring (bicyclic) bond motifs is 1. The summed E-state index contributed by atoms with van der Waals surface area (Å²) in [4.78, 5) is 0.127. The summed E-state index contributed by atoms with van der Waals surface area (Å²) >= 11 is 17.5. The smallest absolute Gasteiger partial charge is 0.206 e. The Morgan fingerprint density at radius 3 is 2.33 bits per heavy atom. The van der Waals surface area contributed by atoms with E-state index in [1.165, 1.54) is 13.0 Å². The lowest BCUT2D eigenvalue weighted by Crippen LogP contribution is -1.99. The number of hydrogen-bond acceptors (Lipinski definition) is 2. The van der Waals surface area contributed by atoms with Gasteiger partial charge in [-0.2, -0.15) is 0 Å². The van der Waals surface area contributed by atoms with Crippen LogP contribution in [-0.4, -0.2) is 8.42 Å². The lowest BCUT2D eigenvalue weighted by atomic mass is 10.2. The molecule has 80 valence electrons. The fourth-order valence-corrected chi connectivity index (χ4v) is 4.09. The Morgan fingerprint density at radius 2 is 1.73 bits per heavy atom. The van der Waals surface area contributed by atoms with Crippen LogP contribution >= 0.6 is 34.8 Å². The highest BCUT2D eigenvalue weighted by molar-refractivity contribution is 7.96. The maximum atomic E-state index is 11.9.